The standard InChI is InChI=1S/C19H18ClFN4S/c1-12-18(23-19(26)22-16-6-4-3-5-7-16)13(2)25(24-12)11-14-8-9-15(21)10-17(14)20/h3-10H,11H2,1-2H3,(H2,22,23,26). The van der Waals surface area contributed by atoms with E-state index in [2.05, 4.69) is 15.7 Å². The van der Waals surface area contributed by atoms with Gasteiger partial charge in [-0.05, 0) is 55.9 Å². The number of para-hydroxylation sites is 1. The molecule has 0 unspecified atom stereocenters. The SMILES string of the molecule is Cc1nn(Cc2ccc(F)cc2Cl)c(C)c1NC(=S)Nc1ccccc1. The van der Waals surface area contributed by atoms with Crippen LogP contribution in [0.5, 0.6) is 0 Å². The topological polar surface area (TPSA) is 41.9 Å². The summed E-state index contributed by atoms with van der Waals surface area (Å²) in [6.07, 6.45) is 0. The minimum Gasteiger partial charge on any atom is -0.332 e. The minimum atomic E-state index is -0.355. The lowest BCUT2D eigenvalue weighted by Crippen LogP contribution is -2.19. The Labute approximate surface area is 162 Å². The van der Waals surface area contributed by atoms with Crippen molar-refractivity contribution < 1.29 is 4.39 Å². The molecule has 0 saturated heterocycles. The molecular formula is C19H18ClFN4S. The van der Waals surface area contributed by atoms with Gasteiger partial charge in [0.15, 0.2) is 5.11 Å². The number of benzene rings is 2. The van der Waals surface area contributed by atoms with E-state index in [0.29, 0.717) is 16.7 Å². The number of aryl methyl sites for hydroxylation is 1. The summed E-state index contributed by atoms with van der Waals surface area (Å²) in [7, 11) is 0. The monoisotopic (exact) mass is 388 g/mol. The molecule has 0 aliphatic rings. The molecular weight excluding hydrogens is 371 g/mol. The van der Waals surface area contributed by atoms with Crippen LogP contribution in [0.1, 0.15) is 17.0 Å². The molecule has 2 N–H and O–H groups in total. The number of hydrogen-bond donors (Lipinski definition) is 2. The molecule has 3 aromatic rings. The van der Waals surface area contributed by atoms with Gasteiger partial charge in [-0.15, -0.1) is 0 Å². The molecule has 4 nitrogen and oxygen atoms in total. The van der Waals surface area contributed by atoms with Crippen molar-refractivity contribution >= 4 is 40.3 Å². The highest BCUT2D eigenvalue weighted by Gasteiger charge is 2.14. The summed E-state index contributed by atoms with van der Waals surface area (Å²) < 4.78 is 15.0. The molecule has 0 radical (unpaired) electrons. The smallest absolute Gasteiger partial charge is 0.175 e. The summed E-state index contributed by atoms with van der Waals surface area (Å²) in [5.74, 6) is -0.355. The summed E-state index contributed by atoms with van der Waals surface area (Å²) in [5, 5.41) is 11.8. The number of thiocarbonyl (C=S) groups is 1. The van der Waals surface area contributed by atoms with Crippen LogP contribution in [0.2, 0.25) is 5.02 Å². The molecule has 0 saturated carbocycles. The third kappa shape index (κ3) is 4.20. The van der Waals surface area contributed by atoms with Crippen molar-refractivity contribution in [1.82, 2.24) is 9.78 Å². The third-order valence-electron chi connectivity index (χ3n) is 3.99. The second kappa shape index (κ2) is 7.85. The first kappa shape index (κ1) is 18.4. The molecule has 1 heterocycles. The van der Waals surface area contributed by atoms with Gasteiger partial charge in [0.25, 0.3) is 0 Å². The number of halogens is 2. The summed E-state index contributed by atoms with van der Waals surface area (Å²) >= 11 is 11.5. The normalized spacial score (nSPS) is 10.6. The average Bonchev–Trinajstić information content (AvgIpc) is 2.86. The van der Waals surface area contributed by atoms with Gasteiger partial charge in [0, 0.05) is 10.7 Å². The number of nitrogens with one attached hydrogen (secondary N) is 2. The van der Waals surface area contributed by atoms with Crippen LogP contribution in [0.3, 0.4) is 0 Å². The summed E-state index contributed by atoms with van der Waals surface area (Å²) in [5.41, 5.74) is 4.29. The van der Waals surface area contributed by atoms with Crippen LogP contribution in [0.15, 0.2) is 48.5 Å². The maximum Gasteiger partial charge on any atom is 0.175 e. The molecule has 0 atom stereocenters. The predicted molar refractivity (Wildman–Crippen MR) is 108 cm³/mol. The van der Waals surface area contributed by atoms with E-state index in [-0.39, 0.29) is 5.82 Å². The first-order valence-corrected chi connectivity index (χ1v) is 8.83. The van der Waals surface area contributed by atoms with Crippen molar-refractivity contribution in [1.29, 1.82) is 0 Å². The lowest BCUT2D eigenvalue weighted by atomic mass is 10.2. The summed E-state index contributed by atoms with van der Waals surface area (Å²) in [6, 6.07) is 14.1. The van der Waals surface area contributed by atoms with E-state index in [9.17, 15) is 4.39 Å². The molecule has 7 heteroatoms. The molecule has 0 aliphatic carbocycles. The average molecular weight is 389 g/mol. The van der Waals surface area contributed by atoms with E-state index in [4.69, 9.17) is 23.8 Å². The number of rotatable bonds is 4. The zero-order chi connectivity index (χ0) is 18.7. The second-order valence-electron chi connectivity index (χ2n) is 5.88. The van der Waals surface area contributed by atoms with E-state index < -0.39 is 0 Å². The Balaban J connectivity index is 1.76. The van der Waals surface area contributed by atoms with Crippen LogP contribution >= 0.6 is 23.8 Å². The molecule has 0 bridgehead atoms. The Bertz CT molecular complexity index is 940. The fraction of sp³-hybridized carbons (Fsp3) is 0.158. The molecule has 134 valence electrons. The molecule has 1 aromatic heterocycles. The van der Waals surface area contributed by atoms with Gasteiger partial charge in [-0.3, -0.25) is 4.68 Å². The molecule has 26 heavy (non-hydrogen) atoms. The fourth-order valence-electron chi connectivity index (χ4n) is 2.64. The molecule has 0 amide bonds. The van der Waals surface area contributed by atoms with Crippen molar-refractivity contribution in [2.45, 2.75) is 20.4 Å². The van der Waals surface area contributed by atoms with Crippen LogP contribution < -0.4 is 10.6 Å². The first-order chi connectivity index (χ1) is 12.4. The van der Waals surface area contributed by atoms with Crippen LogP contribution in [-0.4, -0.2) is 14.9 Å². The van der Waals surface area contributed by atoms with Gasteiger partial charge in [-0.1, -0.05) is 35.9 Å². The number of aromatic nitrogens is 2. The van der Waals surface area contributed by atoms with Crippen LogP contribution in [0.25, 0.3) is 0 Å². The van der Waals surface area contributed by atoms with Gasteiger partial charge < -0.3 is 10.6 Å². The zero-order valence-corrected chi connectivity index (χ0v) is 16.0. The van der Waals surface area contributed by atoms with Crippen LogP contribution in [-0.2, 0) is 6.54 Å². The summed E-state index contributed by atoms with van der Waals surface area (Å²) in [6.45, 7) is 4.31. The highest BCUT2D eigenvalue weighted by atomic mass is 35.5. The molecule has 0 spiro atoms. The van der Waals surface area contributed by atoms with Crippen molar-refractivity contribution in [3.63, 3.8) is 0 Å². The highest BCUT2D eigenvalue weighted by molar-refractivity contribution is 7.80. The van der Waals surface area contributed by atoms with E-state index in [1.807, 2.05) is 48.9 Å². The fourth-order valence-corrected chi connectivity index (χ4v) is 3.09. The molecule has 0 fully saturated rings. The molecule has 0 aliphatic heterocycles. The van der Waals surface area contributed by atoms with Gasteiger partial charge in [-0.25, -0.2) is 4.39 Å². The molecule has 2 aromatic carbocycles. The predicted octanol–water partition coefficient (Wildman–Crippen LogP) is 5.15. The van der Waals surface area contributed by atoms with Gasteiger partial charge in [0.1, 0.15) is 5.82 Å². The lowest BCUT2D eigenvalue weighted by molar-refractivity contribution is 0.622. The minimum absolute atomic E-state index is 0.355. The van der Waals surface area contributed by atoms with Crippen LogP contribution in [0, 0.1) is 19.7 Å². The maximum atomic E-state index is 13.2. The van der Waals surface area contributed by atoms with Crippen molar-refractivity contribution in [2.75, 3.05) is 10.6 Å². The van der Waals surface area contributed by atoms with Crippen molar-refractivity contribution in [3.05, 3.63) is 76.3 Å². The lowest BCUT2D eigenvalue weighted by Gasteiger charge is -2.11. The maximum absolute atomic E-state index is 13.2. The Morgan fingerprint density at radius 3 is 2.58 bits per heavy atom. The summed E-state index contributed by atoms with van der Waals surface area (Å²) in [4.78, 5) is 0. The van der Waals surface area contributed by atoms with E-state index >= 15 is 0 Å². The van der Waals surface area contributed by atoms with Crippen molar-refractivity contribution in [2.24, 2.45) is 0 Å². The Morgan fingerprint density at radius 2 is 1.88 bits per heavy atom. The third-order valence-corrected chi connectivity index (χ3v) is 4.54. The van der Waals surface area contributed by atoms with E-state index in [1.165, 1.54) is 12.1 Å². The Hall–Kier alpha value is -2.44. The number of nitrogens with zero attached hydrogens (tertiary/aromatic N) is 2. The van der Waals surface area contributed by atoms with Crippen LogP contribution in [0.4, 0.5) is 15.8 Å². The first-order valence-electron chi connectivity index (χ1n) is 8.05. The zero-order valence-electron chi connectivity index (χ0n) is 14.4. The highest BCUT2D eigenvalue weighted by Crippen LogP contribution is 2.23. The molecule has 3 rings (SSSR count). The second-order valence-corrected chi connectivity index (χ2v) is 6.70. The van der Waals surface area contributed by atoms with E-state index in [1.54, 1.807) is 6.07 Å². The van der Waals surface area contributed by atoms with Gasteiger partial charge >= 0.3 is 0 Å². The van der Waals surface area contributed by atoms with E-state index in [0.717, 1.165) is 28.3 Å². The largest absolute Gasteiger partial charge is 0.332 e. The van der Waals surface area contributed by atoms with Crippen molar-refractivity contribution in [3.8, 4) is 0 Å². The van der Waals surface area contributed by atoms with Gasteiger partial charge in [0.2, 0.25) is 0 Å². The van der Waals surface area contributed by atoms with Gasteiger partial charge in [0.05, 0.1) is 23.6 Å². The Morgan fingerprint density at radius 1 is 1.15 bits per heavy atom. The number of hydrogen-bond acceptors (Lipinski definition) is 2. The Kier molecular flexibility index (Phi) is 5.54. The quantitative estimate of drug-likeness (QED) is 0.606. The number of anilines is 2. The van der Waals surface area contributed by atoms with Gasteiger partial charge in [-0.2, -0.15) is 5.10 Å².